The van der Waals surface area contributed by atoms with Crippen molar-refractivity contribution in [3.05, 3.63) is 126 Å². The maximum Gasteiger partial charge on any atom is 0.200 e. The monoisotopic (exact) mass is 1080 g/mol. The summed E-state index contributed by atoms with van der Waals surface area (Å²) in [5, 5.41) is 12.3. The van der Waals surface area contributed by atoms with Crippen molar-refractivity contribution < 1.29 is 47.2 Å². The van der Waals surface area contributed by atoms with Gasteiger partial charge in [0, 0.05) is 19.6 Å². The minimum absolute atomic E-state index is 0.0500. The van der Waals surface area contributed by atoms with Crippen molar-refractivity contribution in [3.63, 3.8) is 0 Å². The van der Waals surface area contributed by atoms with E-state index in [-0.39, 0.29) is 53.5 Å². The van der Waals surface area contributed by atoms with Gasteiger partial charge < -0.3 is 42.4 Å². The Morgan fingerprint density at radius 1 is 0.737 bits per heavy atom. The van der Waals surface area contributed by atoms with Crippen LogP contribution in [0.2, 0.25) is 34.8 Å². The minimum atomic E-state index is -2.33. The summed E-state index contributed by atoms with van der Waals surface area (Å²) in [6.07, 6.45) is 8.94. The molecule has 0 radical (unpaired) electrons. The third kappa shape index (κ3) is 18.7. The molecule has 3 aromatic carbocycles. The van der Waals surface area contributed by atoms with Crippen LogP contribution < -0.4 is 4.74 Å². The van der Waals surface area contributed by atoms with Crippen molar-refractivity contribution in [2.45, 2.75) is 231 Å². The molecule has 10 nitrogen and oxygen atoms in total. The van der Waals surface area contributed by atoms with E-state index < -0.39 is 40.5 Å². The number of aliphatic hydroxyl groups is 1. The highest BCUT2D eigenvalue weighted by Gasteiger charge is 2.47. The predicted molar refractivity (Wildman–Crippen MR) is 314 cm³/mol. The number of rotatable bonds is 26. The van der Waals surface area contributed by atoms with E-state index in [1.165, 1.54) is 0 Å². The molecule has 0 amide bonds. The number of carbonyl (C=O) groups is 1. The number of ketones is 1. The lowest BCUT2D eigenvalue weighted by molar-refractivity contribution is -0.174. The van der Waals surface area contributed by atoms with Gasteiger partial charge in [-0.3, -0.25) is 4.79 Å². The Bertz CT molecular complexity index is 2170. The summed E-state index contributed by atoms with van der Waals surface area (Å²) < 4.78 is 54.3. The van der Waals surface area contributed by atoms with E-state index in [1.807, 2.05) is 67.6 Å². The van der Waals surface area contributed by atoms with E-state index in [1.54, 1.807) is 19.3 Å². The molecule has 1 saturated heterocycles. The van der Waals surface area contributed by atoms with Gasteiger partial charge in [0.1, 0.15) is 11.9 Å². The van der Waals surface area contributed by atoms with Crippen molar-refractivity contribution in [1.29, 1.82) is 0 Å². The van der Waals surface area contributed by atoms with Gasteiger partial charge in [-0.05, 0) is 133 Å². The van der Waals surface area contributed by atoms with Crippen LogP contribution in [0.3, 0.4) is 0 Å². The second-order valence-corrected chi connectivity index (χ2v) is 35.0. The first-order valence-electron chi connectivity index (χ1n) is 28.7. The van der Waals surface area contributed by atoms with Gasteiger partial charge >= 0.3 is 0 Å². The Kier molecular flexibility index (Phi) is 24.9. The molecule has 5 rings (SSSR count). The topological polar surface area (TPSA) is 111 Å². The molecule has 10 atom stereocenters. The molecule has 2 heterocycles. The van der Waals surface area contributed by atoms with Crippen LogP contribution in [-0.2, 0) is 57.2 Å². The molecular weight excluding hydrogens is 985 g/mol. The number of methoxy groups -OCH3 is 1. The molecule has 424 valence electrons. The lowest BCUT2D eigenvalue weighted by atomic mass is 9.82. The zero-order valence-corrected chi connectivity index (χ0v) is 51.4. The minimum Gasteiger partial charge on any atom is -0.497 e. The summed E-state index contributed by atoms with van der Waals surface area (Å²) in [5.41, 5.74) is 3.28. The average Bonchev–Trinajstić information content (AvgIpc) is 3.43. The molecular formula is C64H100O10Si2. The predicted octanol–water partition coefficient (Wildman–Crippen LogP) is 14.9. The largest absolute Gasteiger partial charge is 0.497 e. The summed E-state index contributed by atoms with van der Waals surface area (Å²) in [6.45, 7) is 33.7. The van der Waals surface area contributed by atoms with Crippen LogP contribution in [0.5, 0.6) is 5.75 Å². The van der Waals surface area contributed by atoms with E-state index in [9.17, 15) is 9.90 Å². The smallest absolute Gasteiger partial charge is 0.200 e. The van der Waals surface area contributed by atoms with Gasteiger partial charge in [0.15, 0.2) is 22.4 Å². The molecule has 2 aliphatic rings. The van der Waals surface area contributed by atoms with Crippen molar-refractivity contribution in [2.75, 3.05) is 20.3 Å². The van der Waals surface area contributed by atoms with Gasteiger partial charge in [-0.2, -0.15) is 0 Å². The van der Waals surface area contributed by atoms with Crippen LogP contribution in [0.4, 0.5) is 0 Å². The normalized spacial score (nSPS) is 26.2. The molecule has 0 aromatic heterocycles. The van der Waals surface area contributed by atoms with Crippen molar-refractivity contribution >= 4 is 22.4 Å². The second kappa shape index (κ2) is 29.8. The Labute approximate surface area is 462 Å². The zero-order valence-electron chi connectivity index (χ0n) is 49.4. The number of hydrogen-bond donors (Lipinski definition) is 1. The quantitative estimate of drug-likeness (QED) is 0.0361. The van der Waals surface area contributed by atoms with Gasteiger partial charge in [-0.15, -0.1) is 0 Å². The number of benzene rings is 3. The van der Waals surface area contributed by atoms with Gasteiger partial charge in [-0.25, -0.2) is 0 Å². The molecule has 1 N–H and O–H groups in total. The second-order valence-electron chi connectivity index (χ2n) is 24.8. The highest BCUT2D eigenvalue weighted by atomic mass is 28.4. The first kappa shape index (κ1) is 63.6. The van der Waals surface area contributed by atoms with Crippen molar-refractivity contribution in [2.24, 2.45) is 11.8 Å². The summed E-state index contributed by atoms with van der Waals surface area (Å²) in [4.78, 5) is 14.6. The summed E-state index contributed by atoms with van der Waals surface area (Å²) >= 11 is 0. The molecule has 0 unspecified atom stereocenters. The highest BCUT2D eigenvalue weighted by Crippen LogP contribution is 2.44. The maximum absolute atomic E-state index is 14.6. The first-order chi connectivity index (χ1) is 35.9. The Balaban J connectivity index is 1.43. The third-order valence-corrected chi connectivity index (χ3v) is 27.2. The molecule has 3 aromatic rings. The zero-order chi connectivity index (χ0) is 55.7. The van der Waals surface area contributed by atoms with Crippen LogP contribution in [0.15, 0.2) is 109 Å². The number of allylic oxidation sites excluding steroid dienone is 1. The van der Waals surface area contributed by atoms with Crippen LogP contribution in [0.25, 0.3) is 0 Å². The molecule has 0 spiro atoms. The molecule has 76 heavy (non-hydrogen) atoms. The highest BCUT2D eigenvalue weighted by molar-refractivity contribution is 6.77. The van der Waals surface area contributed by atoms with E-state index in [2.05, 4.69) is 126 Å². The molecule has 0 saturated carbocycles. The first-order valence-corrected chi connectivity index (χ1v) is 33.7. The maximum atomic E-state index is 14.6. The van der Waals surface area contributed by atoms with E-state index in [0.717, 1.165) is 22.4 Å². The lowest BCUT2D eigenvalue weighted by Crippen LogP contribution is -2.51. The summed E-state index contributed by atoms with van der Waals surface area (Å²) in [6, 6.07) is 28.5. The number of hydrogen-bond acceptors (Lipinski definition) is 10. The van der Waals surface area contributed by atoms with Gasteiger partial charge in [0.2, 0.25) is 0 Å². The lowest BCUT2D eigenvalue weighted by Gasteiger charge is -2.44. The van der Waals surface area contributed by atoms with Crippen LogP contribution in [-0.4, -0.2) is 96.2 Å². The van der Waals surface area contributed by atoms with Crippen LogP contribution in [0, 0.1) is 11.8 Å². The summed E-state index contributed by atoms with van der Waals surface area (Å²) in [7, 11) is -2.85. The fourth-order valence-corrected chi connectivity index (χ4v) is 18.3. The Morgan fingerprint density at radius 3 is 1.83 bits per heavy atom. The van der Waals surface area contributed by atoms with Crippen molar-refractivity contribution in [3.8, 4) is 5.75 Å². The van der Waals surface area contributed by atoms with Gasteiger partial charge in [0.25, 0.3) is 0 Å². The number of ether oxygens (including phenoxy) is 6. The van der Waals surface area contributed by atoms with Crippen LogP contribution in [0.1, 0.15) is 145 Å². The fraction of sp³-hybridized carbons (Fsp3) is 0.641. The standard InChI is InChI=1S/C64H100O10Si2/c1-46(2)76(47(3)4,48(5)6)71-39-37-58-60(70-45-53-30-33-55(67-13)34-31-53)40-49(7)42-64(12,66)61(72-58)35-32-54(65)41-50(8)62-59(74-75(14,15)63(9,10)11)29-23-22-28-56(69-44-52-26-20-17-21-27-52)57(73-62)36-38-68-43-51-24-18-16-19-25-51/h16-27,30-35,46-50,56-62,66H,28-29,36-45H2,1-15H3/b23-22-,35-32+/t49-,50+,56-,57+,58-,59+,60+,61+,62-,64-/m1/s1. The van der Waals surface area contributed by atoms with Crippen molar-refractivity contribution in [1.82, 2.24) is 0 Å². The Morgan fingerprint density at radius 2 is 1.26 bits per heavy atom. The molecule has 0 bridgehead atoms. The van der Waals surface area contributed by atoms with E-state index in [4.69, 9.17) is 37.3 Å². The van der Waals surface area contributed by atoms with E-state index >= 15 is 0 Å². The number of carbonyl (C=O) groups excluding carboxylic acids is 1. The van der Waals surface area contributed by atoms with Gasteiger partial charge in [0.05, 0.1) is 69.2 Å². The average molecular weight is 1090 g/mol. The molecule has 2 aliphatic heterocycles. The third-order valence-electron chi connectivity index (χ3n) is 16.6. The van der Waals surface area contributed by atoms with Crippen LogP contribution >= 0.6 is 0 Å². The fourth-order valence-electron chi connectivity index (χ4n) is 11.5. The molecule has 1 fully saturated rings. The molecule has 0 aliphatic carbocycles. The molecule has 12 heteroatoms. The summed E-state index contributed by atoms with van der Waals surface area (Å²) in [5.74, 6) is 0.588. The van der Waals surface area contributed by atoms with E-state index in [0.29, 0.717) is 88.2 Å². The SMILES string of the molecule is COc1ccc(CO[C@H]2C[C@@H](C)C[C@@](C)(O)[C@H](/C=C/C(=O)C[C@H](C)[C@H]3O[C@@H](CCOCc4ccccc4)[C@H](OCc4ccccc4)C/C=C\C[C@@H]3O[Si](C)(C)C(C)(C)C)O[C@@H]2CCO[Si](C(C)C)(C(C)C)C(C)C)cc1. The van der Waals surface area contributed by atoms with Gasteiger partial charge in [-0.1, -0.05) is 161 Å². The Hall–Kier alpha value is -3.28.